The maximum absolute atomic E-state index is 9.08. The van der Waals surface area contributed by atoms with E-state index in [2.05, 4.69) is 10.2 Å². The predicted molar refractivity (Wildman–Crippen MR) is 57.3 cm³/mol. The van der Waals surface area contributed by atoms with E-state index in [1.165, 1.54) is 32.1 Å². The van der Waals surface area contributed by atoms with Crippen LogP contribution in [0.2, 0.25) is 0 Å². The van der Waals surface area contributed by atoms with Gasteiger partial charge in [0.1, 0.15) is 0 Å². The van der Waals surface area contributed by atoms with Crippen LogP contribution in [0.25, 0.3) is 0 Å². The highest BCUT2D eigenvalue weighted by atomic mass is 16.3. The summed E-state index contributed by atoms with van der Waals surface area (Å²) in [7, 11) is 0. The van der Waals surface area contributed by atoms with Crippen LogP contribution in [0.15, 0.2) is 0 Å². The maximum Gasteiger partial charge on any atom is 0.0558 e. The van der Waals surface area contributed by atoms with Crippen molar-refractivity contribution in [2.75, 3.05) is 26.2 Å². The second-order valence-electron chi connectivity index (χ2n) is 4.53. The molecule has 82 valence electrons. The molecule has 1 saturated heterocycles. The third-order valence-corrected chi connectivity index (χ3v) is 3.68. The lowest BCUT2D eigenvalue weighted by atomic mass is 9.89. The number of nitrogens with zero attached hydrogens (tertiary/aromatic N) is 1. The number of aliphatic hydroxyl groups is 1. The van der Waals surface area contributed by atoms with E-state index in [9.17, 15) is 0 Å². The second kappa shape index (κ2) is 5.10. The molecule has 0 radical (unpaired) electrons. The van der Waals surface area contributed by atoms with E-state index >= 15 is 0 Å². The second-order valence-corrected chi connectivity index (χ2v) is 4.53. The first-order chi connectivity index (χ1) is 6.92. The van der Waals surface area contributed by atoms with Crippen molar-refractivity contribution in [1.82, 2.24) is 10.2 Å². The van der Waals surface area contributed by atoms with Gasteiger partial charge in [0.25, 0.3) is 0 Å². The quantitative estimate of drug-likeness (QED) is 0.694. The summed E-state index contributed by atoms with van der Waals surface area (Å²) in [5, 5.41) is 12.5. The monoisotopic (exact) mass is 198 g/mol. The number of hydrogen-bond acceptors (Lipinski definition) is 3. The van der Waals surface area contributed by atoms with Crippen molar-refractivity contribution in [1.29, 1.82) is 0 Å². The highest BCUT2D eigenvalue weighted by molar-refractivity contribution is 4.87. The van der Waals surface area contributed by atoms with Gasteiger partial charge in [0, 0.05) is 18.6 Å². The summed E-state index contributed by atoms with van der Waals surface area (Å²) < 4.78 is 0. The Morgan fingerprint density at radius 3 is 2.21 bits per heavy atom. The van der Waals surface area contributed by atoms with E-state index in [1.54, 1.807) is 0 Å². The van der Waals surface area contributed by atoms with Crippen molar-refractivity contribution in [2.24, 2.45) is 0 Å². The Labute approximate surface area is 86.5 Å². The zero-order valence-corrected chi connectivity index (χ0v) is 8.91. The molecule has 3 nitrogen and oxygen atoms in total. The molecule has 1 heterocycles. The van der Waals surface area contributed by atoms with Gasteiger partial charge >= 0.3 is 0 Å². The van der Waals surface area contributed by atoms with Gasteiger partial charge < -0.3 is 10.4 Å². The third-order valence-electron chi connectivity index (χ3n) is 3.68. The summed E-state index contributed by atoms with van der Waals surface area (Å²) in [4.78, 5) is 2.56. The van der Waals surface area contributed by atoms with E-state index in [0.717, 1.165) is 31.7 Å². The third kappa shape index (κ3) is 2.27. The first-order valence-electron chi connectivity index (χ1n) is 5.99. The summed E-state index contributed by atoms with van der Waals surface area (Å²) in [5.74, 6) is 0. The van der Waals surface area contributed by atoms with E-state index in [1.807, 2.05) is 0 Å². The van der Waals surface area contributed by atoms with Crippen LogP contribution in [-0.4, -0.2) is 48.3 Å². The summed E-state index contributed by atoms with van der Waals surface area (Å²) in [6.07, 6.45) is 6.61. The SMILES string of the molecule is OCCN(C1CCC1)C1CCNCC1. The molecular weight excluding hydrogens is 176 g/mol. The first kappa shape index (κ1) is 10.4. The molecule has 1 saturated carbocycles. The lowest BCUT2D eigenvalue weighted by molar-refractivity contribution is 0.0466. The molecule has 0 amide bonds. The highest BCUT2D eigenvalue weighted by Crippen LogP contribution is 2.28. The van der Waals surface area contributed by atoms with Gasteiger partial charge in [-0.25, -0.2) is 0 Å². The van der Waals surface area contributed by atoms with Crippen LogP contribution in [-0.2, 0) is 0 Å². The van der Waals surface area contributed by atoms with E-state index in [-0.39, 0.29) is 0 Å². The Bertz CT molecular complexity index is 165. The highest BCUT2D eigenvalue weighted by Gasteiger charge is 2.30. The van der Waals surface area contributed by atoms with Gasteiger partial charge in [0.15, 0.2) is 0 Å². The molecule has 0 spiro atoms. The standard InChI is InChI=1S/C11H22N2O/c14-9-8-13(10-2-1-3-10)11-4-6-12-7-5-11/h10-12,14H,1-9H2. The lowest BCUT2D eigenvalue weighted by Crippen LogP contribution is -2.51. The van der Waals surface area contributed by atoms with Gasteiger partial charge in [-0.2, -0.15) is 0 Å². The molecule has 0 unspecified atom stereocenters. The minimum atomic E-state index is 0.320. The molecule has 0 aromatic heterocycles. The smallest absolute Gasteiger partial charge is 0.0558 e. The van der Waals surface area contributed by atoms with Gasteiger partial charge in [-0.15, -0.1) is 0 Å². The van der Waals surface area contributed by atoms with Crippen LogP contribution >= 0.6 is 0 Å². The zero-order chi connectivity index (χ0) is 9.80. The molecule has 2 N–H and O–H groups in total. The molecule has 2 rings (SSSR count). The molecule has 2 aliphatic rings. The normalized spacial score (nSPS) is 25.3. The van der Waals surface area contributed by atoms with Gasteiger partial charge in [-0.05, 0) is 38.8 Å². The fourth-order valence-electron chi connectivity index (χ4n) is 2.64. The molecule has 1 aliphatic carbocycles. The summed E-state index contributed by atoms with van der Waals surface area (Å²) >= 11 is 0. The van der Waals surface area contributed by atoms with Gasteiger partial charge in [-0.1, -0.05) is 6.42 Å². The average Bonchev–Trinajstić information content (AvgIpc) is 2.16. The maximum atomic E-state index is 9.08. The number of aliphatic hydroxyl groups excluding tert-OH is 1. The minimum absolute atomic E-state index is 0.320. The number of nitrogens with one attached hydrogen (secondary N) is 1. The average molecular weight is 198 g/mol. The van der Waals surface area contributed by atoms with Crippen LogP contribution in [0, 0.1) is 0 Å². The topological polar surface area (TPSA) is 35.5 Å². The van der Waals surface area contributed by atoms with Crippen LogP contribution in [0.3, 0.4) is 0 Å². The Hall–Kier alpha value is -0.120. The van der Waals surface area contributed by atoms with Crippen molar-refractivity contribution in [3.63, 3.8) is 0 Å². The molecule has 1 aliphatic heterocycles. The molecule has 14 heavy (non-hydrogen) atoms. The first-order valence-corrected chi connectivity index (χ1v) is 5.99. The molecule has 0 atom stereocenters. The van der Waals surface area contributed by atoms with Crippen LogP contribution in [0.1, 0.15) is 32.1 Å². The molecule has 0 aromatic carbocycles. The summed E-state index contributed by atoms with van der Waals surface area (Å²) in [6, 6.07) is 1.51. The van der Waals surface area contributed by atoms with Crippen LogP contribution in [0.4, 0.5) is 0 Å². The summed E-state index contributed by atoms with van der Waals surface area (Å²) in [6.45, 7) is 3.51. The minimum Gasteiger partial charge on any atom is -0.395 e. The van der Waals surface area contributed by atoms with Gasteiger partial charge in [0.05, 0.1) is 6.61 Å². The van der Waals surface area contributed by atoms with Gasteiger partial charge in [0.2, 0.25) is 0 Å². The molecule has 0 bridgehead atoms. The summed E-state index contributed by atoms with van der Waals surface area (Å²) in [5.41, 5.74) is 0. The van der Waals surface area contributed by atoms with Crippen molar-refractivity contribution in [3.8, 4) is 0 Å². The van der Waals surface area contributed by atoms with Crippen molar-refractivity contribution >= 4 is 0 Å². The van der Waals surface area contributed by atoms with E-state index < -0.39 is 0 Å². The number of hydrogen-bond donors (Lipinski definition) is 2. The molecule has 3 heteroatoms. The number of piperidine rings is 1. The fraction of sp³-hybridized carbons (Fsp3) is 1.00. The van der Waals surface area contributed by atoms with Crippen molar-refractivity contribution in [2.45, 2.75) is 44.2 Å². The van der Waals surface area contributed by atoms with Crippen molar-refractivity contribution < 1.29 is 5.11 Å². The van der Waals surface area contributed by atoms with Crippen LogP contribution < -0.4 is 5.32 Å². The lowest BCUT2D eigenvalue weighted by Gasteiger charge is -2.43. The van der Waals surface area contributed by atoms with Crippen molar-refractivity contribution in [3.05, 3.63) is 0 Å². The van der Waals surface area contributed by atoms with E-state index in [4.69, 9.17) is 5.11 Å². The molecular formula is C11H22N2O. The predicted octanol–water partition coefficient (Wildman–Crippen LogP) is 0.585. The van der Waals surface area contributed by atoms with Gasteiger partial charge in [-0.3, -0.25) is 4.90 Å². The molecule has 2 fully saturated rings. The fourth-order valence-corrected chi connectivity index (χ4v) is 2.64. The largest absolute Gasteiger partial charge is 0.395 e. The Balaban J connectivity index is 1.86. The Kier molecular flexibility index (Phi) is 3.79. The Morgan fingerprint density at radius 1 is 1.07 bits per heavy atom. The number of rotatable bonds is 4. The van der Waals surface area contributed by atoms with Crippen LogP contribution in [0.5, 0.6) is 0 Å². The zero-order valence-electron chi connectivity index (χ0n) is 8.91. The van der Waals surface area contributed by atoms with E-state index in [0.29, 0.717) is 6.61 Å². The Morgan fingerprint density at radius 2 is 1.71 bits per heavy atom. The molecule has 0 aromatic rings.